The Bertz CT molecular complexity index is 1000. The molecule has 0 aliphatic carbocycles. The van der Waals surface area contributed by atoms with Crippen LogP contribution in [-0.2, 0) is 10.2 Å². The van der Waals surface area contributed by atoms with Crippen LogP contribution in [0.4, 0.5) is 0 Å². The number of thiophene rings is 1. The molecule has 0 fully saturated rings. The SMILES string of the molecule is CCC(CC)(c1ccc(OCC(=O)C(C)(C)C)c(C)c1)c1ccc2sccc2c1. The summed E-state index contributed by atoms with van der Waals surface area (Å²) in [7, 11) is 0. The smallest absolute Gasteiger partial charge is 0.175 e. The topological polar surface area (TPSA) is 26.3 Å². The van der Waals surface area contributed by atoms with E-state index >= 15 is 0 Å². The molecule has 0 amide bonds. The predicted molar refractivity (Wildman–Crippen MR) is 124 cm³/mol. The van der Waals surface area contributed by atoms with Crippen molar-refractivity contribution in [1.82, 2.24) is 0 Å². The first-order chi connectivity index (χ1) is 13.7. The number of aryl methyl sites for hydroxylation is 1. The summed E-state index contributed by atoms with van der Waals surface area (Å²) in [5, 5.41) is 3.47. The molecule has 29 heavy (non-hydrogen) atoms. The Morgan fingerprint density at radius 1 is 0.966 bits per heavy atom. The average Bonchev–Trinajstić information content (AvgIpc) is 3.16. The molecule has 3 heteroatoms. The molecule has 3 aromatic rings. The summed E-state index contributed by atoms with van der Waals surface area (Å²) in [5.74, 6) is 0.905. The molecular formula is C26H32O2S. The number of hydrogen-bond donors (Lipinski definition) is 0. The predicted octanol–water partition coefficient (Wildman–Crippen LogP) is 7.31. The van der Waals surface area contributed by atoms with Gasteiger partial charge in [-0.1, -0.05) is 52.8 Å². The van der Waals surface area contributed by atoms with Gasteiger partial charge in [0.05, 0.1) is 0 Å². The quantitative estimate of drug-likeness (QED) is 0.410. The third-order valence-electron chi connectivity index (χ3n) is 6.13. The van der Waals surface area contributed by atoms with Gasteiger partial charge in [0.25, 0.3) is 0 Å². The van der Waals surface area contributed by atoms with Gasteiger partial charge in [0, 0.05) is 15.5 Å². The molecule has 0 saturated heterocycles. The Morgan fingerprint density at radius 2 is 1.62 bits per heavy atom. The zero-order valence-electron chi connectivity index (χ0n) is 18.5. The van der Waals surface area contributed by atoms with Crippen LogP contribution in [0.15, 0.2) is 47.8 Å². The Labute approximate surface area is 178 Å². The molecule has 1 aromatic heterocycles. The largest absolute Gasteiger partial charge is 0.486 e. The van der Waals surface area contributed by atoms with Gasteiger partial charge in [0.15, 0.2) is 5.78 Å². The summed E-state index contributed by atoms with van der Waals surface area (Å²) >= 11 is 1.79. The molecule has 0 bridgehead atoms. The van der Waals surface area contributed by atoms with Gasteiger partial charge < -0.3 is 4.74 Å². The minimum absolute atomic E-state index is 0.0271. The van der Waals surface area contributed by atoms with Gasteiger partial charge in [-0.05, 0) is 71.5 Å². The molecule has 0 saturated carbocycles. The second-order valence-corrected chi connectivity index (χ2v) is 9.85. The second kappa shape index (κ2) is 8.31. The van der Waals surface area contributed by atoms with Crippen LogP contribution in [0.3, 0.4) is 0 Å². The fourth-order valence-electron chi connectivity index (χ4n) is 3.97. The van der Waals surface area contributed by atoms with Crippen LogP contribution in [0.2, 0.25) is 0 Å². The zero-order chi connectivity index (χ0) is 21.2. The number of ether oxygens (including phenoxy) is 1. The van der Waals surface area contributed by atoms with Crippen LogP contribution in [-0.4, -0.2) is 12.4 Å². The van der Waals surface area contributed by atoms with Gasteiger partial charge in [0.2, 0.25) is 0 Å². The van der Waals surface area contributed by atoms with E-state index in [9.17, 15) is 4.79 Å². The van der Waals surface area contributed by atoms with E-state index in [-0.39, 0.29) is 23.2 Å². The number of carbonyl (C=O) groups is 1. The van der Waals surface area contributed by atoms with E-state index in [4.69, 9.17) is 4.74 Å². The first kappa shape index (κ1) is 21.6. The zero-order valence-corrected chi connectivity index (χ0v) is 19.3. The number of fused-ring (bicyclic) bond motifs is 1. The molecule has 2 nitrogen and oxygen atoms in total. The summed E-state index contributed by atoms with van der Waals surface area (Å²) in [4.78, 5) is 12.2. The minimum Gasteiger partial charge on any atom is -0.486 e. The Morgan fingerprint density at radius 3 is 2.24 bits per heavy atom. The van der Waals surface area contributed by atoms with Gasteiger partial charge in [-0.15, -0.1) is 11.3 Å². The number of carbonyl (C=O) groups excluding carboxylic acids is 1. The third kappa shape index (κ3) is 4.25. The molecule has 0 radical (unpaired) electrons. The number of ketones is 1. The standard InChI is InChI=1S/C26H32O2S/c1-7-26(8-2,21-10-12-23-19(16-21)13-14-29-23)20-9-11-22(18(3)15-20)28-17-24(27)25(4,5)6/h9-16H,7-8,17H2,1-6H3. The van der Waals surface area contributed by atoms with Gasteiger partial charge in [0.1, 0.15) is 12.4 Å². The van der Waals surface area contributed by atoms with E-state index in [1.807, 2.05) is 26.8 Å². The molecule has 154 valence electrons. The summed E-state index contributed by atoms with van der Waals surface area (Å²) in [6.07, 6.45) is 2.06. The van der Waals surface area contributed by atoms with Crippen molar-refractivity contribution in [2.24, 2.45) is 5.41 Å². The van der Waals surface area contributed by atoms with Gasteiger partial charge in [-0.3, -0.25) is 4.79 Å². The minimum atomic E-state index is -0.381. The number of rotatable bonds is 7. The third-order valence-corrected chi connectivity index (χ3v) is 7.03. The Balaban J connectivity index is 1.93. The van der Waals surface area contributed by atoms with Crippen molar-refractivity contribution in [1.29, 1.82) is 0 Å². The molecule has 3 rings (SSSR count). The van der Waals surface area contributed by atoms with Crippen LogP contribution in [0.1, 0.15) is 64.2 Å². The highest BCUT2D eigenvalue weighted by Crippen LogP contribution is 2.41. The number of hydrogen-bond acceptors (Lipinski definition) is 3. The number of benzene rings is 2. The highest BCUT2D eigenvalue weighted by Gasteiger charge is 2.31. The Kier molecular flexibility index (Phi) is 6.19. The van der Waals surface area contributed by atoms with Crippen molar-refractivity contribution in [3.05, 3.63) is 64.5 Å². The lowest BCUT2D eigenvalue weighted by Gasteiger charge is -2.34. The second-order valence-electron chi connectivity index (χ2n) is 8.90. The van der Waals surface area contributed by atoms with Crippen molar-refractivity contribution in [2.45, 2.75) is 59.8 Å². The summed E-state index contributed by atoms with van der Waals surface area (Å²) in [6, 6.07) is 15.5. The van der Waals surface area contributed by atoms with Crippen molar-refractivity contribution in [3.63, 3.8) is 0 Å². The van der Waals surface area contributed by atoms with Gasteiger partial charge in [-0.2, -0.15) is 0 Å². The molecule has 0 unspecified atom stereocenters. The highest BCUT2D eigenvalue weighted by atomic mass is 32.1. The van der Waals surface area contributed by atoms with E-state index in [1.165, 1.54) is 21.2 Å². The van der Waals surface area contributed by atoms with Crippen LogP contribution in [0.5, 0.6) is 5.75 Å². The molecule has 0 atom stereocenters. The van der Waals surface area contributed by atoms with E-state index in [0.717, 1.165) is 24.2 Å². The lowest BCUT2D eigenvalue weighted by atomic mass is 9.70. The van der Waals surface area contributed by atoms with Crippen LogP contribution >= 0.6 is 11.3 Å². The first-order valence-corrected chi connectivity index (χ1v) is 11.3. The fourth-order valence-corrected chi connectivity index (χ4v) is 4.74. The summed E-state index contributed by atoms with van der Waals surface area (Å²) in [6.45, 7) is 12.5. The van der Waals surface area contributed by atoms with E-state index < -0.39 is 0 Å². The van der Waals surface area contributed by atoms with Crippen LogP contribution < -0.4 is 4.74 Å². The number of Topliss-reactive ketones (excluding diaryl/α,β-unsaturated/α-hetero) is 1. The monoisotopic (exact) mass is 408 g/mol. The summed E-state index contributed by atoms with van der Waals surface area (Å²) in [5.41, 5.74) is 3.34. The van der Waals surface area contributed by atoms with E-state index in [2.05, 4.69) is 62.5 Å². The molecule has 0 aliphatic heterocycles. The van der Waals surface area contributed by atoms with Crippen molar-refractivity contribution in [3.8, 4) is 5.75 Å². The van der Waals surface area contributed by atoms with Crippen LogP contribution in [0.25, 0.3) is 10.1 Å². The van der Waals surface area contributed by atoms with Crippen molar-refractivity contribution < 1.29 is 9.53 Å². The van der Waals surface area contributed by atoms with E-state index in [1.54, 1.807) is 11.3 Å². The molecule has 1 heterocycles. The van der Waals surface area contributed by atoms with E-state index in [0.29, 0.717) is 0 Å². The molecule has 0 N–H and O–H groups in total. The Hall–Kier alpha value is -2.13. The summed E-state index contributed by atoms with van der Waals surface area (Å²) < 4.78 is 7.20. The van der Waals surface area contributed by atoms with Crippen molar-refractivity contribution >= 4 is 27.2 Å². The maximum atomic E-state index is 12.2. The molecular weight excluding hydrogens is 376 g/mol. The first-order valence-electron chi connectivity index (χ1n) is 10.5. The molecule has 2 aromatic carbocycles. The highest BCUT2D eigenvalue weighted by molar-refractivity contribution is 7.17. The molecule has 0 spiro atoms. The fraction of sp³-hybridized carbons (Fsp3) is 0.423. The average molecular weight is 409 g/mol. The normalized spacial score (nSPS) is 12.3. The lowest BCUT2D eigenvalue weighted by molar-refractivity contribution is -0.128. The lowest BCUT2D eigenvalue weighted by Crippen LogP contribution is -2.27. The maximum Gasteiger partial charge on any atom is 0.175 e. The van der Waals surface area contributed by atoms with Crippen LogP contribution in [0, 0.1) is 12.3 Å². The molecule has 0 aliphatic rings. The maximum absolute atomic E-state index is 12.2. The van der Waals surface area contributed by atoms with Gasteiger partial charge in [-0.25, -0.2) is 0 Å². The van der Waals surface area contributed by atoms with Gasteiger partial charge >= 0.3 is 0 Å². The van der Waals surface area contributed by atoms with Crippen molar-refractivity contribution in [2.75, 3.05) is 6.61 Å².